The molecule has 4 aromatic heterocycles. The molecular weight excluding hydrogens is 328 g/mol. The molecule has 0 aliphatic carbocycles. The van der Waals surface area contributed by atoms with Gasteiger partial charge in [-0.3, -0.25) is 9.97 Å². The molecule has 0 saturated heterocycles. The highest BCUT2D eigenvalue weighted by Gasteiger charge is 2.37. The Morgan fingerprint density at radius 1 is 0.960 bits per heavy atom. The Balaban J connectivity index is 1.83. The average Bonchev–Trinajstić information content (AvgIpc) is 3.29. The summed E-state index contributed by atoms with van der Waals surface area (Å²) in [6.45, 7) is 0.879. The molecule has 1 aliphatic rings. The van der Waals surface area contributed by atoms with Gasteiger partial charge in [0.2, 0.25) is 4.83 Å². The zero-order chi connectivity index (χ0) is 16.4. The first kappa shape index (κ1) is 13.3. The highest BCUT2D eigenvalue weighted by Crippen LogP contribution is 2.39. The first-order valence-electron chi connectivity index (χ1n) is 8.21. The lowest BCUT2D eigenvalue weighted by Crippen LogP contribution is -2.31. The molecule has 0 atom stereocenters. The molecule has 0 spiro atoms. The average molecular weight is 341 g/mol. The molecule has 0 bridgehead atoms. The van der Waals surface area contributed by atoms with E-state index in [4.69, 9.17) is 0 Å². The van der Waals surface area contributed by atoms with Crippen LogP contribution in [0.15, 0.2) is 67.3 Å². The largest absolute Gasteiger partial charge is 0.298 e. The summed E-state index contributed by atoms with van der Waals surface area (Å²) >= 11 is 1.82. The quantitative estimate of drug-likeness (QED) is 0.424. The summed E-state index contributed by atoms with van der Waals surface area (Å²) < 4.78 is 6.05. The molecule has 0 N–H and O–H groups in total. The molecule has 118 valence electrons. The maximum Gasteiger partial charge on any atom is 0.298 e. The van der Waals surface area contributed by atoms with Gasteiger partial charge < -0.3 is 0 Å². The fraction of sp³-hybridized carbons (Fsp3) is 0.0500. The van der Waals surface area contributed by atoms with E-state index in [-0.39, 0.29) is 0 Å². The zero-order valence-electron chi connectivity index (χ0n) is 13.3. The second kappa shape index (κ2) is 4.74. The summed E-state index contributed by atoms with van der Waals surface area (Å²) in [4.78, 5) is 10.00. The Kier molecular flexibility index (Phi) is 2.51. The molecule has 5 aromatic rings. The van der Waals surface area contributed by atoms with Gasteiger partial charge in [0.1, 0.15) is 12.2 Å². The number of hydrogen-bond donors (Lipinski definition) is 0. The standard InChI is InChI=1S/C20H13N4S/c1-2-4-14(5-3-1)24-19-15-10-21-8-6-13(15)12-23(19)18-16-11-22-9-7-17(16)25-20(18)24/h1-11H,12H2/q+1. The second-order valence-corrected chi connectivity index (χ2v) is 7.27. The second-order valence-electron chi connectivity index (χ2n) is 6.24. The van der Waals surface area contributed by atoms with Gasteiger partial charge in [-0.1, -0.05) is 29.5 Å². The molecule has 4 nitrogen and oxygen atoms in total. The summed E-state index contributed by atoms with van der Waals surface area (Å²) in [5.41, 5.74) is 4.98. The van der Waals surface area contributed by atoms with Crippen LogP contribution in [0.2, 0.25) is 0 Å². The van der Waals surface area contributed by atoms with E-state index in [1.165, 1.54) is 43.1 Å². The summed E-state index contributed by atoms with van der Waals surface area (Å²) in [5, 5.41) is 1.22. The van der Waals surface area contributed by atoms with E-state index < -0.39 is 0 Å². The predicted molar refractivity (Wildman–Crippen MR) is 99.0 cm³/mol. The van der Waals surface area contributed by atoms with Crippen LogP contribution in [-0.4, -0.2) is 14.5 Å². The maximum atomic E-state index is 4.37. The molecular formula is C20H13N4S+. The molecule has 5 heterocycles. The van der Waals surface area contributed by atoms with Crippen LogP contribution in [0.25, 0.3) is 37.5 Å². The number of imidazole rings is 1. The molecule has 0 unspecified atom stereocenters. The number of para-hydroxylation sites is 1. The zero-order valence-corrected chi connectivity index (χ0v) is 14.1. The van der Waals surface area contributed by atoms with Crippen LogP contribution in [-0.2, 0) is 6.54 Å². The summed E-state index contributed by atoms with van der Waals surface area (Å²) in [6, 6.07) is 14.8. The van der Waals surface area contributed by atoms with E-state index in [9.17, 15) is 0 Å². The van der Waals surface area contributed by atoms with Crippen molar-refractivity contribution in [2.75, 3.05) is 0 Å². The Hall–Kier alpha value is -3.05. The first-order valence-corrected chi connectivity index (χ1v) is 9.03. The third-order valence-corrected chi connectivity index (χ3v) is 6.03. The van der Waals surface area contributed by atoms with E-state index in [2.05, 4.69) is 61.6 Å². The van der Waals surface area contributed by atoms with Crippen molar-refractivity contribution < 1.29 is 4.57 Å². The van der Waals surface area contributed by atoms with Gasteiger partial charge in [-0.2, -0.15) is 4.57 Å². The van der Waals surface area contributed by atoms with E-state index in [0.29, 0.717) is 0 Å². The van der Waals surface area contributed by atoms with Crippen molar-refractivity contribution in [1.82, 2.24) is 14.5 Å². The minimum absolute atomic E-state index is 0.879. The van der Waals surface area contributed by atoms with Gasteiger partial charge in [-0.15, -0.1) is 0 Å². The fourth-order valence-corrected chi connectivity index (χ4v) is 5.02. The molecule has 0 amide bonds. The van der Waals surface area contributed by atoms with Crippen LogP contribution in [0, 0.1) is 0 Å². The van der Waals surface area contributed by atoms with Crippen LogP contribution in [0.3, 0.4) is 0 Å². The molecule has 6 rings (SSSR count). The molecule has 1 aromatic carbocycles. The summed E-state index contributed by atoms with van der Waals surface area (Å²) in [6.07, 6.45) is 7.71. The van der Waals surface area contributed by atoms with Crippen molar-refractivity contribution >= 4 is 31.8 Å². The number of nitrogens with zero attached hydrogens (tertiary/aromatic N) is 4. The maximum absolute atomic E-state index is 4.37. The van der Waals surface area contributed by atoms with Gasteiger partial charge in [0.25, 0.3) is 5.82 Å². The lowest BCUT2D eigenvalue weighted by Gasteiger charge is -2.00. The summed E-state index contributed by atoms with van der Waals surface area (Å²) in [7, 11) is 0. The number of hydrogen-bond acceptors (Lipinski definition) is 3. The van der Waals surface area contributed by atoms with Crippen molar-refractivity contribution in [1.29, 1.82) is 0 Å². The number of thiophene rings is 1. The Morgan fingerprint density at radius 3 is 2.72 bits per heavy atom. The first-order chi connectivity index (χ1) is 12.4. The minimum atomic E-state index is 0.879. The number of fused-ring (bicyclic) bond motifs is 7. The molecule has 0 radical (unpaired) electrons. The SMILES string of the molecule is c1ccc(-n2c3[n+](c4c5cnccc5sc42)Cc2ccncc2-3)cc1. The van der Waals surface area contributed by atoms with E-state index >= 15 is 0 Å². The number of pyridine rings is 2. The number of rotatable bonds is 1. The van der Waals surface area contributed by atoms with Gasteiger partial charge >= 0.3 is 0 Å². The van der Waals surface area contributed by atoms with Gasteiger partial charge in [0.15, 0.2) is 5.52 Å². The van der Waals surface area contributed by atoms with E-state index in [1.54, 1.807) is 0 Å². The number of aromatic nitrogens is 4. The lowest BCUT2D eigenvalue weighted by atomic mass is 10.2. The van der Waals surface area contributed by atoms with E-state index in [0.717, 1.165) is 6.54 Å². The Bertz CT molecular complexity index is 1270. The summed E-state index contributed by atoms with van der Waals surface area (Å²) in [5.74, 6) is 1.21. The highest BCUT2D eigenvalue weighted by atomic mass is 32.1. The Morgan fingerprint density at radius 2 is 1.80 bits per heavy atom. The van der Waals surface area contributed by atoms with Crippen LogP contribution in [0.4, 0.5) is 0 Å². The van der Waals surface area contributed by atoms with Crippen molar-refractivity contribution in [3.05, 3.63) is 72.8 Å². The van der Waals surface area contributed by atoms with Gasteiger partial charge in [-0.25, -0.2) is 4.57 Å². The third-order valence-electron chi connectivity index (χ3n) is 4.88. The van der Waals surface area contributed by atoms with Crippen molar-refractivity contribution in [3.63, 3.8) is 0 Å². The normalized spacial score (nSPS) is 12.6. The number of benzene rings is 1. The Labute approximate surface area is 147 Å². The van der Waals surface area contributed by atoms with Crippen LogP contribution in [0.5, 0.6) is 0 Å². The van der Waals surface area contributed by atoms with Crippen LogP contribution in [0.1, 0.15) is 5.56 Å². The van der Waals surface area contributed by atoms with Gasteiger partial charge in [0.05, 0.1) is 10.9 Å². The molecule has 0 fully saturated rings. The molecule has 25 heavy (non-hydrogen) atoms. The smallest absolute Gasteiger partial charge is 0.264 e. The molecule has 5 heteroatoms. The molecule has 0 saturated carbocycles. The lowest BCUT2D eigenvalue weighted by molar-refractivity contribution is -0.645. The molecule has 1 aliphatic heterocycles. The topological polar surface area (TPSA) is 34.6 Å². The van der Waals surface area contributed by atoms with Gasteiger partial charge in [0, 0.05) is 35.1 Å². The van der Waals surface area contributed by atoms with Crippen molar-refractivity contribution in [2.45, 2.75) is 6.54 Å². The monoisotopic (exact) mass is 341 g/mol. The highest BCUT2D eigenvalue weighted by molar-refractivity contribution is 7.25. The van der Waals surface area contributed by atoms with Crippen LogP contribution >= 0.6 is 11.3 Å². The third kappa shape index (κ3) is 1.68. The van der Waals surface area contributed by atoms with Crippen molar-refractivity contribution in [3.8, 4) is 17.1 Å². The van der Waals surface area contributed by atoms with E-state index in [1.807, 2.05) is 36.1 Å². The van der Waals surface area contributed by atoms with Crippen molar-refractivity contribution in [2.24, 2.45) is 0 Å². The minimum Gasteiger partial charge on any atom is -0.264 e. The van der Waals surface area contributed by atoms with Crippen LogP contribution < -0.4 is 4.57 Å². The fourth-order valence-electron chi connectivity index (χ4n) is 3.82. The van der Waals surface area contributed by atoms with Gasteiger partial charge in [-0.05, 0) is 24.3 Å². The predicted octanol–water partition coefficient (Wildman–Crippen LogP) is 3.95.